The first-order chi connectivity index (χ1) is 14.6. The van der Waals surface area contributed by atoms with Gasteiger partial charge in [0, 0.05) is 13.1 Å². The van der Waals surface area contributed by atoms with Gasteiger partial charge in [0.15, 0.2) is 9.84 Å². The Bertz CT molecular complexity index is 992. The fourth-order valence-corrected chi connectivity index (χ4v) is 5.30. The van der Waals surface area contributed by atoms with Crippen LogP contribution in [0.5, 0.6) is 11.5 Å². The Balaban J connectivity index is 1.70. The molecule has 0 bridgehead atoms. The van der Waals surface area contributed by atoms with Crippen LogP contribution < -0.4 is 4.74 Å². The van der Waals surface area contributed by atoms with Gasteiger partial charge in [-0.1, -0.05) is 31.2 Å². The largest absolute Gasteiger partial charge is 0.457 e. The molecule has 1 heterocycles. The van der Waals surface area contributed by atoms with Crippen molar-refractivity contribution in [2.24, 2.45) is 0 Å². The molecule has 31 heavy (non-hydrogen) atoms. The summed E-state index contributed by atoms with van der Waals surface area (Å²) >= 11 is 0. The summed E-state index contributed by atoms with van der Waals surface area (Å²) in [5.41, 5.74) is 1.33. The van der Waals surface area contributed by atoms with Gasteiger partial charge in [-0.3, -0.25) is 0 Å². The fraction of sp³-hybridized carbons (Fsp3) is 0.458. The summed E-state index contributed by atoms with van der Waals surface area (Å²) in [5.74, 6) is 1.30. The van der Waals surface area contributed by atoms with E-state index >= 15 is 0 Å². The summed E-state index contributed by atoms with van der Waals surface area (Å²) in [6.07, 6.45) is 0.831. The van der Waals surface area contributed by atoms with Gasteiger partial charge in [0.2, 0.25) is 0 Å². The molecule has 1 atom stereocenters. The Labute approximate surface area is 185 Å². The third-order valence-corrected chi connectivity index (χ3v) is 7.34. The summed E-state index contributed by atoms with van der Waals surface area (Å²) in [7, 11) is -3.39. The molecule has 0 spiro atoms. The third kappa shape index (κ3) is 6.23. The number of rotatable bonds is 4. The van der Waals surface area contributed by atoms with Gasteiger partial charge < -0.3 is 14.4 Å². The molecular weight excluding hydrogens is 414 g/mol. The van der Waals surface area contributed by atoms with Crippen LogP contribution in [-0.4, -0.2) is 43.9 Å². The summed E-state index contributed by atoms with van der Waals surface area (Å²) < 4.78 is 37.0. The molecule has 1 saturated heterocycles. The predicted molar refractivity (Wildman–Crippen MR) is 121 cm³/mol. The van der Waals surface area contributed by atoms with Gasteiger partial charge in [0.1, 0.15) is 17.1 Å². The van der Waals surface area contributed by atoms with Crippen LogP contribution in [0.15, 0.2) is 48.5 Å². The van der Waals surface area contributed by atoms with Crippen molar-refractivity contribution >= 4 is 15.9 Å². The van der Waals surface area contributed by atoms with Gasteiger partial charge in [-0.2, -0.15) is 0 Å². The number of amides is 1. The first-order valence-electron chi connectivity index (χ1n) is 10.6. The summed E-state index contributed by atoms with van der Waals surface area (Å²) in [6.45, 7) is 7.96. The first-order valence-corrected chi connectivity index (χ1v) is 12.4. The van der Waals surface area contributed by atoms with Crippen molar-refractivity contribution in [2.75, 3.05) is 18.8 Å². The Hall–Kier alpha value is -2.54. The molecule has 0 radical (unpaired) electrons. The van der Waals surface area contributed by atoms with Gasteiger partial charge in [0.25, 0.3) is 0 Å². The zero-order valence-corrected chi connectivity index (χ0v) is 19.4. The second kappa shape index (κ2) is 9.30. The monoisotopic (exact) mass is 445 g/mol. The molecule has 0 saturated carbocycles. The minimum atomic E-state index is -3.39. The smallest absolute Gasteiger partial charge is 0.410 e. The lowest BCUT2D eigenvalue weighted by atomic mass is 10.1. The summed E-state index contributed by atoms with van der Waals surface area (Å²) in [5, 5.41) is -0.655. The molecule has 0 aromatic heterocycles. The van der Waals surface area contributed by atoms with E-state index in [2.05, 4.69) is 6.92 Å². The number of ether oxygens (including phenoxy) is 2. The maximum atomic E-state index is 12.9. The van der Waals surface area contributed by atoms with Crippen LogP contribution in [0.25, 0.3) is 0 Å². The van der Waals surface area contributed by atoms with Crippen molar-refractivity contribution in [3.63, 3.8) is 0 Å². The standard InChI is InChI=1S/C24H31NO5S/c1-5-18-6-10-20(11-7-18)29-21-12-8-19(9-13-21)22-14-15-25(16-17-31(22,27)28)23(26)30-24(2,3)4/h6-13,22H,5,14-17H2,1-4H3. The average molecular weight is 446 g/mol. The lowest BCUT2D eigenvalue weighted by Crippen LogP contribution is -2.38. The molecule has 0 aliphatic carbocycles. The molecule has 1 unspecified atom stereocenters. The number of hydrogen-bond donors (Lipinski definition) is 0. The molecule has 1 fully saturated rings. The van der Waals surface area contributed by atoms with Crippen LogP contribution in [0.4, 0.5) is 4.79 Å². The summed E-state index contributed by atoms with van der Waals surface area (Å²) in [6, 6.07) is 15.1. The van der Waals surface area contributed by atoms with Crippen molar-refractivity contribution in [1.82, 2.24) is 4.90 Å². The minimum Gasteiger partial charge on any atom is -0.457 e. The van der Waals surface area contributed by atoms with E-state index < -0.39 is 26.8 Å². The van der Waals surface area contributed by atoms with Crippen molar-refractivity contribution in [3.8, 4) is 11.5 Å². The van der Waals surface area contributed by atoms with E-state index in [1.54, 1.807) is 45.0 Å². The molecule has 2 aromatic carbocycles. The van der Waals surface area contributed by atoms with Gasteiger partial charge in [-0.25, -0.2) is 13.2 Å². The van der Waals surface area contributed by atoms with Crippen molar-refractivity contribution in [1.29, 1.82) is 0 Å². The average Bonchev–Trinajstić information content (AvgIpc) is 2.86. The molecule has 2 aromatic rings. The van der Waals surface area contributed by atoms with Gasteiger partial charge in [-0.15, -0.1) is 0 Å². The molecular formula is C24H31NO5S. The topological polar surface area (TPSA) is 72.9 Å². The highest BCUT2D eigenvalue weighted by atomic mass is 32.2. The lowest BCUT2D eigenvalue weighted by Gasteiger charge is -2.26. The SMILES string of the molecule is CCc1ccc(Oc2ccc(C3CCN(C(=O)OC(C)(C)C)CCS3(=O)=O)cc2)cc1. The van der Waals surface area contributed by atoms with E-state index in [1.807, 2.05) is 24.3 Å². The number of sulfone groups is 1. The number of carbonyl (C=O) groups excluding carboxylic acids is 1. The molecule has 168 valence electrons. The Morgan fingerprint density at radius 2 is 1.58 bits per heavy atom. The zero-order valence-electron chi connectivity index (χ0n) is 18.6. The number of aryl methyl sites for hydroxylation is 1. The molecule has 6 nitrogen and oxygen atoms in total. The number of nitrogens with zero attached hydrogens (tertiary/aromatic N) is 1. The number of benzene rings is 2. The van der Waals surface area contributed by atoms with Gasteiger partial charge >= 0.3 is 6.09 Å². The van der Waals surface area contributed by atoms with E-state index in [0.717, 1.165) is 12.2 Å². The lowest BCUT2D eigenvalue weighted by molar-refractivity contribution is 0.0263. The minimum absolute atomic E-state index is 0.0844. The van der Waals surface area contributed by atoms with E-state index in [1.165, 1.54) is 10.5 Å². The molecule has 1 aliphatic rings. The maximum absolute atomic E-state index is 12.9. The Morgan fingerprint density at radius 3 is 2.13 bits per heavy atom. The normalized spacial score (nSPS) is 18.8. The van der Waals surface area contributed by atoms with Crippen LogP contribution in [0.2, 0.25) is 0 Å². The number of carbonyl (C=O) groups is 1. The van der Waals surface area contributed by atoms with Crippen LogP contribution in [0.1, 0.15) is 50.5 Å². The maximum Gasteiger partial charge on any atom is 0.410 e. The highest BCUT2D eigenvalue weighted by molar-refractivity contribution is 7.91. The predicted octanol–water partition coefficient (Wildman–Crippen LogP) is 5.14. The molecule has 0 N–H and O–H groups in total. The van der Waals surface area contributed by atoms with Crippen molar-refractivity contribution in [2.45, 2.75) is 51.4 Å². The highest BCUT2D eigenvalue weighted by Crippen LogP contribution is 2.32. The first kappa shape index (κ1) is 23.1. The Morgan fingerprint density at radius 1 is 1.00 bits per heavy atom. The number of hydrogen-bond acceptors (Lipinski definition) is 5. The zero-order chi connectivity index (χ0) is 22.6. The van der Waals surface area contributed by atoms with E-state index in [-0.39, 0.29) is 12.3 Å². The van der Waals surface area contributed by atoms with E-state index in [0.29, 0.717) is 24.3 Å². The third-order valence-electron chi connectivity index (χ3n) is 5.21. The van der Waals surface area contributed by atoms with Crippen LogP contribution in [-0.2, 0) is 21.0 Å². The van der Waals surface area contributed by atoms with Crippen LogP contribution in [0.3, 0.4) is 0 Å². The van der Waals surface area contributed by atoms with Crippen molar-refractivity contribution in [3.05, 3.63) is 59.7 Å². The molecule has 1 amide bonds. The van der Waals surface area contributed by atoms with Crippen molar-refractivity contribution < 1.29 is 22.7 Å². The molecule has 7 heteroatoms. The quantitative estimate of drug-likeness (QED) is 0.652. The second-order valence-electron chi connectivity index (χ2n) is 8.78. The molecule has 1 aliphatic heterocycles. The van der Waals surface area contributed by atoms with E-state index in [4.69, 9.17) is 9.47 Å². The summed E-state index contributed by atoms with van der Waals surface area (Å²) in [4.78, 5) is 13.9. The van der Waals surface area contributed by atoms with E-state index in [9.17, 15) is 13.2 Å². The Kier molecular flexibility index (Phi) is 6.94. The van der Waals surface area contributed by atoms with Gasteiger partial charge in [-0.05, 0) is 69.0 Å². The van der Waals surface area contributed by atoms with Crippen LogP contribution >= 0.6 is 0 Å². The molecule has 3 rings (SSSR count). The highest BCUT2D eigenvalue weighted by Gasteiger charge is 2.34. The van der Waals surface area contributed by atoms with Gasteiger partial charge in [0.05, 0.1) is 11.0 Å². The fourth-order valence-electron chi connectivity index (χ4n) is 3.51. The van der Waals surface area contributed by atoms with Crippen LogP contribution in [0, 0.1) is 0 Å². The second-order valence-corrected chi connectivity index (χ2v) is 11.1.